The summed E-state index contributed by atoms with van der Waals surface area (Å²) in [7, 11) is -0.109. The Kier molecular flexibility index (Phi) is 5.44. The molecule has 2 N–H and O–H groups in total. The van der Waals surface area contributed by atoms with Gasteiger partial charge in [-0.1, -0.05) is 23.7 Å². The van der Waals surface area contributed by atoms with E-state index in [0.717, 1.165) is 0 Å². The Morgan fingerprint density at radius 3 is 2.55 bits per heavy atom. The summed E-state index contributed by atoms with van der Waals surface area (Å²) >= 11 is 5.79. The van der Waals surface area contributed by atoms with Crippen molar-refractivity contribution in [2.75, 3.05) is 27.2 Å². The SMILES string of the molecule is CNC(=O)[C@H]1CN(C)C[C@@H]1NS(=O)(=O)Cc1ccc(Cl)cc1. The van der Waals surface area contributed by atoms with E-state index in [1.807, 2.05) is 11.9 Å². The fraction of sp³-hybridized carbons (Fsp3) is 0.500. The van der Waals surface area contributed by atoms with Gasteiger partial charge in [-0.2, -0.15) is 0 Å². The molecule has 0 bridgehead atoms. The van der Waals surface area contributed by atoms with Crippen LogP contribution in [0.15, 0.2) is 24.3 Å². The van der Waals surface area contributed by atoms with Gasteiger partial charge in [0.1, 0.15) is 0 Å². The number of benzene rings is 1. The Balaban J connectivity index is 2.07. The molecule has 1 heterocycles. The van der Waals surface area contributed by atoms with E-state index in [0.29, 0.717) is 23.7 Å². The van der Waals surface area contributed by atoms with Gasteiger partial charge in [-0.25, -0.2) is 13.1 Å². The first-order chi connectivity index (χ1) is 10.3. The number of likely N-dealkylation sites (N-methyl/N-ethyl adjacent to an activating group) is 1. The molecule has 6 nitrogen and oxygen atoms in total. The highest BCUT2D eigenvalue weighted by Crippen LogP contribution is 2.18. The number of carbonyl (C=O) groups is 1. The molecule has 1 fully saturated rings. The Hall–Kier alpha value is -1.15. The average molecular weight is 346 g/mol. The minimum absolute atomic E-state index is 0.134. The summed E-state index contributed by atoms with van der Waals surface area (Å²) in [6, 6.07) is 6.26. The van der Waals surface area contributed by atoms with Crippen LogP contribution in [0.25, 0.3) is 0 Å². The lowest BCUT2D eigenvalue weighted by atomic mass is 10.0. The summed E-state index contributed by atoms with van der Waals surface area (Å²) < 4.78 is 27.3. The number of sulfonamides is 1. The fourth-order valence-electron chi connectivity index (χ4n) is 2.64. The summed E-state index contributed by atoms with van der Waals surface area (Å²) in [6.07, 6.45) is 0. The maximum absolute atomic E-state index is 12.3. The van der Waals surface area contributed by atoms with E-state index >= 15 is 0 Å². The second-order valence-corrected chi connectivity index (χ2v) is 7.74. The lowest BCUT2D eigenvalue weighted by molar-refractivity contribution is -0.124. The number of amides is 1. The molecule has 0 saturated carbocycles. The summed E-state index contributed by atoms with van der Waals surface area (Å²) in [6.45, 7) is 1.05. The van der Waals surface area contributed by atoms with Crippen LogP contribution in [0.4, 0.5) is 0 Å². The predicted octanol–water partition coefficient (Wildman–Crippen LogP) is 0.436. The average Bonchev–Trinajstić information content (AvgIpc) is 2.80. The quantitative estimate of drug-likeness (QED) is 0.811. The highest BCUT2D eigenvalue weighted by molar-refractivity contribution is 7.88. The van der Waals surface area contributed by atoms with Crippen LogP contribution >= 0.6 is 11.6 Å². The Morgan fingerprint density at radius 1 is 1.32 bits per heavy atom. The largest absolute Gasteiger partial charge is 0.359 e. The number of halogens is 1. The van der Waals surface area contributed by atoms with Gasteiger partial charge in [0.25, 0.3) is 0 Å². The van der Waals surface area contributed by atoms with Gasteiger partial charge in [-0.05, 0) is 24.7 Å². The van der Waals surface area contributed by atoms with Crippen LogP contribution in [0.1, 0.15) is 5.56 Å². The van der Waals surface area contributed by atoms with Crippen LogP contribution in [0.2, 0.25) is 5.02 Å². The van der Waals surface area contributed by atoms with Crippen molar-refractivity contribution in [1.29, 1.82) is 0 Å². The van der Waals surface area contributed by atoms with E-state index in [1.165, 1.54) is 0 Å². The van der Waals surface area contributed by atoms with E-state index in [9.17, 15) is 13.2 Å². The van der Waals surface area contributed by atoms with E-state index in [2.05, 4.69) is 10.0 Å². The molecule has 0 unspecified atom stereocenters. The van der Waals surface area contributed by atoms with Gasteiger partial charge in [-0.15, -0.1) is 0 Å². The second kappa shape index (κ2) is 6.95. The van der Waals surface area contributed by atoms with Crippen molar-refractivity contribution in [3.05, 3.63) is 34.9 Å². The molecular formula is C14H20ClN3O3S. The van der Waals surface area contributed by atoms with Crippen molar-refractivity contribution in [3.8, 4) is 0 Å². The summed E-state index contributed by atoms with van der Waals surface area (Å²) in [5.41, 5.74) is 0.653. The van der Waals surface area contributed by atoms with Crippen molar-refractivity contribution in [1.82, 2.24) is 14.9 Å². The van der Waals surface area contributed by atoms with Crippen LogP contribution in [0.5, 0.6) is 0 Å². The van der Waals surface area contributed by atoms with Crippen LogP contribution in [0.3, 0.4) is 0 Å². The molecule has 0 aliphatic carbocycles. The molecule has 8 heteroatoms. The van der Waals surface area contributed by atoms with Crippen LogP contribution < -0.4 is 10.0 Å². The van der Waals surface area contributed by atoms with E-state index < -0.39 is 16.1 Å². The van der Waals surface area contributed by atoms with Gasteiger partial charge in [0, 0.05) is 31.2 Å². The zero-order valence-corrected chi connectivity index (χ0v) is 14.1. The third kappa shape index (κ3) is 4.42. The van der Waals surface area contributed by atoms with E-state index in [-0.39, 0.29) is 17.6 Å². The van der Waals surface area contributed by atoms with Crippen molar-refractivity contribution >= 4 is 27.5 Å². The Bertz CT molecular complexity index is 633. The van der Waals surface area contributed by atoms with Crippen LogP contribution in [-0.2, 0) is 20.6 Å². The fourth-order valence-corrected chi connectivity index (χ4v) is 4.18. The van der Waals surface area contributed by atoms with Crippen LogP contribution in [0, 0.1) is 5.92 Å². The third-order valence-electron chi connectivity index (χ3n) is 3.69. The summed E-state index contributed by atoms with van der Waals surface area (Å²) in [4.78, 5) is 13.8. The zero-order chi connectivity index (χ0) is 16.3. The summed E-state index contributed by atoms with van der Waals surface area (Å²) in [5, 5.41) is 3.15. The molecule has 1 aliphatic heterocycles. The molecule has 1 aliphatic rings. The molecule has 0 radical (unpaired) electrons. The number of nitrogens with zero attached hydrogens (tertiary/aromatic N) is 1. The van der Waals surface area contributed by atoms with Gasteiger partial charge in [-0.3, -0.25) is 4.79 Å². The first kappa shape index (κ1) is 17.2. The minimum Gasteiger partial charge on any atom is -0.359 e. The smallest absolute Gasteiger partial charge is 0.225 e. The van der Waals surface area contributed by atoms with Gasteiger partial charge in [0.2, 0.25) is 15.9 Å². The Morgan fingerprint density at radius 2 is 1.95 bits per heavy atom. The number of likely N-dealkylation sites (tertiary alicyclic amines) is 1. The van der Waals surface area contributed by atoms with Crippen molar-refractivity contribution in [3.63, 3.8) is 0 Å². The van der Waals surface area contributed by atoms with E-state index in [4.69, 9.17) is 11.6 Å². The monoisotopic (exact) mass is 345 g/mol. The highest BCUT2D eigenvalue weighted by atomic mass is 35.5. The number of hydrogen-bond acceptors (Lipinski definition) is 4. The number of nitrogens with one attached hydrogen (secondary N) is 2. The summed E-state index contributed by atoms with van der Waals surface area (Å²) in [5.74, 6) is -0.663. The lowest BCUT2D eigenvalue weighted by Gasteiger charge is -2.18. The van der Waals surface area contributed by atoms with Gasteiger partial charge in [0.05, 0.1) is 11.7 Å². The van der Waals surface area contributed by atoms with Crippen LogP contribution in [-0.4, -0.2) is 52.5 Å². The van der Waals surface area contributed by atoms with Crippen molar-refractivity contribution < 1.29 is 13.2 Å². The molecule has 1 saturated heterocycles. The van der Waals surface area contributed by atoms with Crippen molar-refractivity contribution in [2.45, 2.75) is 11.8 Å². The van der Waals surface area contributed by atoms with E-state index in [1.54, 1.807) is 31.3 Å². The molecule has 1 amide bonds. The first-order valence-electron chi connectivity index (χ1n) is 6.95. The van der Waals surface area contributed by atoms with Gasteiger partial charge < -0.3 is 10.2 Å². The molecule has 122 valence electrons. The minimum atomic E-state index is -3.53. The third-order valence-corrected chi connectivity index (χ3v) is 5.31. The van der Waals surface area contributed by atoms with Gasteiger partial charge in [0.15, 0.2) is 0 Å². The van der Waals surface area contributed by atoms with Gasteiger partial charge >= 0.3 is 0 Å². The standard InChI is InChI=1S/C14H20ClN3O3S/c1-16-14(19)12-7-18(2)8-13(12)17-22(20,21)9-10-3-5-11(15)6-4-10/h3-6,12-13,17H,7-9H2,1-2H3,(H,16,19)/t12-,13-/m0/s1. The number of rotatable bonds is 5. The second-order valence-electron chi connectivity index (χ2n) is 5.55. The molecular weight excluding hydrogens is 326 g/mol. The molecule has 22 heavy (non-hydrogen) atoms. The molecule has 2 atom stereocenters. The predicted molar refractivity (Wildman–Crippen MR) is 86.1 cm³/mol. The highest BCUT2D eigenvalue weighted by Gasteiger charge is 2.37. The maximum atomic E-state index is 12.3. The lowest BCUT2D eigenvalue weighted by Crippen LogP contribution is -2.45. The molecule has 1 aromatic rings. The normalized spacial score (nSPS) is 22.7. The Labute approximate surface area is 135 Å². The zero-order valence-electron chi connectivity index (χ0n) is 12.5. The topological polar surface area (TPSA) is 78.5 Å². The number of carbonyl (C=O) groups excluding carboxylic acids is 1. The molecule has 2 rings (SSSR count). The van der Waals surface area contributed by atoms with Crippen molar-refractivity contribution in [2.24, 2.45) is 5.92 Å². The molecule has 0 aromatic heterocycles. The first-order valence-corrected chi connectivity index (χ1v) is 8.98. The number of hydrogen-bond donors (Lipinski definition) is 2. The maximum Gasteiger partial charge on any atom is 0.225 e. The molecule has 1 aromatic carbocycles. The molecule has 0 spiro atoms.